The van der Waals surface area contributed by atoms with E-state index < -0.39 is 9.84 Å². The molecule has 1 atom stereocenters. The lowest BCUT2D eigenvalue weighted by Crippen LogP contribution is -2.50. The van der Waals surface area contributed by atoms with Crippen molar-refractivity contribution in [1.29, 1.82) is 0 Å². The minimum absolute atomic E-state index is 0.0627. The maximum absolute atomic E-state index is 12.2. The van der Waals surface area contributed by atoms with Crippen molar-refractivity contribution < 1.29 is 13.2 Å². The zero-order valence-electron chi connectivity index (χ0n) is 15.8. The first kappa shape index (κ1) is 18.9. The second-order valence-electron chi connectivity index (χ2n) is 8.03. The lowest BCUT2D eigenvalue weighted by molar-refractivity contribution is -0.123. The second-order valence-corrected chi connectivity index (χ2v) is 10.3. The highest BCUT2D eigenvalue weighted by atomic mass is 32.2. The summed E-state index contributed by atoms with van der Waals surface area (Å²) in [5.74, 6) is 0.210. The number of aromatic nitrogens is 2. The van der Waals surface area contributed by atoms with Crippen LogP contribution in [0.1, 0.15) is 30.7 Å². The van der Waals surface area contributed by atoms with Gasteiger partial charge in [0.25, 0.3) is 0 Å². The van der Waals surface area contributed by atoms with Gasteiger partial charge in [0.15, 0.2) is 9.84 Å². The van der Waals surface area contributed by atoms with E-state index in [0.717, 1.165) is 51.4 Å². The third kappa shape index (κ3) is 4.89. The van der Waals surface area contributed by atoms with E-state index in [1.165, 1.54) is 18.5 Å². The molecule has 4 rings (SSSR count). The van der Waals surface area contributed by atoms with Gasteiger partial charge in [-0.15, -0.1) is 0 Å². The van der Waals surface area contributed by atoms with Crippen LogP contribution >= 0.6 is 0 Å². The molecule has 150 valence electrons. The molecule has 1 unspecified atom stereocenters. The summed E-state index contributed by atoms with van der Waals surface area (Å²) in [6.45, 7) is 5.82. The highest BCUT2D eigenvalue weighted by molar-refractivity contribution is 7.91. The number of hydrogen-bond donors (Lipinski definition) is 1. The van der Waals surface area contributed by atoms with Crippen molar-refractivity contribution >= 4 is 15.7 Å². The van der Waals surface area contributed by atoms with Crippen LogP contribution in [0, 0.1) is 0 Å². The number of nitrogens with one attached hydrogen (secondary N) is 1. The van der Waals surface area contributed by atoms with Crippen molar-refractivity contribution in [3.05, 3.63) is 17.5 Å². The van der Waals surface area contributed by atoms with Crippen LogP contribution in [0.5, 0.6) is 0 Å². The number of fused-ring (bicyclic) bond motifs is 1. The van der Waals surface area contributed by atoms with E-state index in [9.17, 15) is 13.2 Å². The standard InChI is InChI=1S/C18H29N5O3S/c24-18(19-15-4-10-27(25,26)14-15)13-22-8-6-21(7-9-22)12-16-11-17-3-1-2-5-23(17)20-16/h11,15H,1-10,12-14H2,(H,19,24). The number of piperazine rings is 1. The third-order valence-electron chi connectivity index (χ3n) is 5.78. The van der Waals surface area contributed by atoms with E-state index in [-0.39, 0.29) is 23.5 Å². The topological polar surface area (TPSA) is 87.5 Å². The van der Waals surface area contributed by atoms with Gasteiger partial charge in [-0.3, -0.25) is 19.3 Å². The monoisotopic (exact) mass is 395 g/mol. The van der Waals surface area contributed by atoms with Crippen LogP contribution in [0.15, 0.2) is 6.07 Å². The number of nitrogens with zero attached hydrogens (tertiary/aromatic N) is 4. The van der Waals surface area contributed by atoms with E-state index in [4.69, 9.17) is 5.10 Å². The minimum atomic E-state index is -2.96. The number of hydrogen-bond acceptors (Lipinski definition) is 6. The van der Waals surface area contributed by atoms with E-state index in [0.29, 0.717) is 13.0 Å². The maximum Gasteiger partial charge on any atom is 0.234 e. The fourth-order valence-corrected chi connectivity index (χ4v) is 5.95. The van der Waals surface area contributed by atoms with E-state index >= 15 is 0 Å². The molecule has 2 saturated heterocycles. The highest BCUT2D eigenvalue weighted by Crippen LogP contribution is 2.17. The Morgan fingerprint density at radius 1 is 1.15 bits per heavy atom. The van der Waals surface area contributed by atoms with Gasteiger partial charge in [0.1, 0.15) is 0 Å². The zero-order valence-corrected chi connectivity index (χ0v) is 16.6. The first-order chi connectivity index (χ1) is 13.0. The van der Waals surface area contributed by atoms with Gasteiger partial charge in [-0.2, -0.15) is 5.10 Å². The fourth-order valence-electron chi connectivity index (χ4n) is 4.27. The van der Waals surface area contributed by atoms with Crippen LogP contribution < -0.4 is 5.32 Å². The lowest BCUT2D eigenvalue weighted by atomic mass is 10.1. The summed E-state index contributed by atoms with van der Waals surface area (Å²) in [4.78, 5) is 16.7. The molecule has 0 spiro atoms. The van der Waals surface area contributed by atoms with Gasteiger partial charge in [0.2, 0.25) is 5.91 Å². The lowest BCUT2D eigenvalue weighted by Gasteiger charge is -2.34. The molecule has 0 saturated carbocycles. The van der Waals surface area contributed by atoms with Gasteiger partial charge in [0.05, 0.1) is 23.7 Å². The van der Waals surface area contributed by atoms with Crippen molar-refractivity contribution in [2.24, 2.45) is 0 Å². The smallest absolute Gasteiger partial charge is 0.234 e. The number of sulfone groups is 1. The molecule has 9 heteroatoms. The van der Waals surface area contributed by atoms with Crippen LogP contribution in [-0.4, -0.2) is 84.2 Å². The number of carbonyl (C=O) groups is 1. The van der Waals surface area contributed by atoms with Crippen molar-refractivity contribution in [3.63, 3.8) is 0 Å². The molecule has 3 aliphatic heterocycles. The Hall–Kier alpha value is -1.45. The molecule has 1 amide bonds. The Morgan fingerprint density at radius 2 is 1.93 bits per heavy atom. The number of aryl methyl sites for hydroxylation is 2. The molecule has 0 aliphatic carbocycles. The number of carbonyl (C=O) groups excluding carboxylic acids is 1. The molecule has 3 aliphatic rings. The van der Waals surface area contributed by atoms with Gasteiger partial charge >= 0.3 is 0 Å². The Kier molecular flexibility index (Phi) is 5.52. The second kappa shape index (κ2) is 7.89. The number of rotatable bonds is 5. The molecule has 27 heavy (non-hydrogen) atoms. The van der Waals surface area contributed by atoms with Crippen LogP contribution in [0.3, 0.4) is 0 Å². The first-order valence-corrected chi connectivity index (χ1v) is 11.8. The SMILES string of the molecule is O=C(CN1CCN(Cc2cc3n(n2)CCCC3)CC1)NC1CCS(=O)(=O)C1. The highest BCUT2D eigenvalue weighted by Gasteiger charge is 2.29. The molecular weight excluding hydrogens is 366 g/mol. The van der Waals surface area contributed by atoms with Crippen LogP contribution in [0.25, 0.3) is 0 Å². The average Bonchev–Trinajstić information content (AvgIpc) is 3.18. The van der Waals surface area contributed by atoms with Crippen molar-refractivity contribution in [2.75, 3.05) is 44.2 Å². The zero-order chi connectivity index (χ0) is 18.9. The normalized spacial score (nSPS) is 26.0. The van der Waals surface area contributed by atoms with E-state index in [1.54, 1.807) is 0 Å². The summed E-state index contributed by atoms with van der Waals surface area (Å²) in [6, 6.07) is 2.03. The van der Waals surface area contributed by atoms with E-state index in [2.05, 4.69) is 25.9 Å². The van der Waals surface area contributed by atoms with E-state index in [1.807, 2.05) is 0 Å². The van der Waals surface area contributed by atoms with Crippen LogP contribution in [-0.2, 0) is 34.1 Å². The number of amides is 1. The average molecular weight is 396 g/mol. The van der Waals surface area contributed by atoms with Crippen molar-refractivity contribution in [3.8, 4) is 0 Å². The van der Waals surface area contributed by atoms with Crippen LogP contribution in [0.4, 0.5) is 0 Å². The molecule has 1 N–H and O–H groups in total. The fraction of sp³-hybridized carbons (Fsp3) is 0.778. The molecule has 2 fully saturated rings. The largest absolute Gasteiger partial charge is 0.351 e. The molecule has 0 bridgehead atoms. The summed E-state index contributed by atoms with van der Waals surface area (Å²) in [5.41, 5.74) is 2.51. The Bertz CT molecular complexity index is 759. The summed E-state index contributed by atoms with van der Waals surface area (Å²) in [5, 5.41) is 7.60. The first-order valence-electron chi connectivity index (χ1n) is 9.97. The Morgan fingerprint density at radius 3 is 2.63 bits per heavy atom. The molecule has 8 nitrogen and oxygen atoms in total. The molecule has 0 radical (unpaired) electrons. The van der Waals surface area contributed by atoms with Crippen molar-refractivity contribution in [2.45, 2.75) is 44.8 Å². The van der Waals surface area contributed by atoms with Gasteiger partial charge in [-0.05, 0) is 31.7 Å². The predicted octanol–water partition coefficient (Wildman–Crippen LogP) is -0.360. The van der Waals surface area contributed by atoms with Crippen molar-refractivity contribution in [1.82, 2.24) is 24.9 Å². The van der Waals surface area contributed by atoms with Gasteiger partial charge in [-0.1, -0.05) is 0 Å². The van der Waals surface area contributed by atoms with Gasteiger partial charge < -0.3 is 5.32 Å². The van der Waals surface area contributed by atoms with Gasteiger partial charge in [0, 0.05) is 51.0 Å². The third-order valence-corrected chi connectivity index (χ3v) is 7.55. The predicted molar refractivity (Wildman–Crippen MR) is 102 cm³/mol. The molecule has 4 heterocycles. The van der Waals surface area contributed by atoms with Crippen LogP contribution in [0.2, 0.25) is 0 Å². The Labute approximate surface area is 160 Å². The minimum Gasteiger partial charge on any atom is -0.351 e. The molecule has 1 aromatic rings. The molecule has 0 aromatic carbocycles. The summed E-state index contributed by atoms with van der Waals surface area (Å²) in [7, 11) is -2.96. The maximum atomic E-state index is 12.2. The summed E-state index contributed by atoms with van der Waals surface area (Å²) >= 11 is 0. The quantitative estimate of drug-likeness (QED) is 0.733. The molecule has 1 aromatic heterocycles. The molecular formula is C18H29N5O3S. The Balaban J connectivity index is 1.20. The van der Waals surface area contributed by atoms with Gasteiger partial charge in [-0.25, -0.2) is 8.42 Å². The summed E-state index contributed by atoms with van der Waals surface area (Å²) in [6.07, 6.45) is 4.16. The summed E-state index contributed by atoms with van der Waals surface area (Å²) < 4.78 is 25.1.